The van der Waals surface area contributed by atoms with Crippen molar-refractivity contribution < 1.29 is 9.53 Å². The van der Waals surface area contributed by atoms with Crippen molar-refractivity contribution in [3.63, 3.8) is 0 Å². The highest BCUT2D eigenvalue weighted by atomic mass is 32.2. The van der Waals surface area contributed by atoms with Gasteiger partial charge in [-0.2, -0.15) is 5.26 Å². The molecule has 2 N–H and O–H groups in total. The molecule has 0 unspecified atom stereocenters. The maximum atomic E-state index is 11.8. The van der Waals surface area contributed by atoms with E-state index in [9.17, 15) is 10.1 Å². The lowest BCUT2D eigenvalue weighted by Crippen LogP contribution is -2.45. The van der Waals surface area contributed by atoms with Gasteiger partial charge in [0.05, 0.1) is 30.5 Å². The largest absolute Gasteiger partial charge is 0.394 e. The molecule has 35 heavy (non-hydrogen) atoms. The van der Waals surface area contributed by atoms with E-state index in [0.717, 1.165) is 79.5 Å². The van der Waals surface area contributed by atoms with E-state index < -0.39 is 0 Å². The fourth-order valence-corrected chi connectivity index (χ4v) is 5.96. The second-order valence-corrected chi connectivity index (χ2v) is 9.98. The van der Waals surface area contributed by atoms with Crippen LogP contribution in [-0.4, -0.2) is 63.7 Å². The first kappa shape index (κ1) is 25.1. The minimum Gasteiger partial charge on any atom is -0.394 e. The Balaban J connectivity index is 1.56. The lowest BCUT2D eigenvalue weighted by atomic mass is 10.0. The summed E-state index contributed by atoms with van der Waals surface area (Å²) in [5, 5.41) is 16.4. The number of nitriles is 1. The standard InChI is InChI=1S/C27H33N5O2S/c1-19(16-29-3)27-22(17-33)5-4-6-26(27)35-32-9-7-23-24(13-21(15-28)14-25(23)32)30-8-10-31-11-12-34-18-20(31)2/h4-6,13-14,16-17,20,29-30H,7-12,18H2,1-3H3/b19-16-/t20-/m1/s1. The predicted molar refractivity (Wildman–Crippen MR) is 143 cm³/mol. The van der Waals surface area contributed by atoms with E-state index >= 15 is 0 Å². The van der Waals surface area contributed by atoms with Crippen LogP contribution in [0.25, 0.3) is 5.57 Å². The fraction of sp³-hybridized carbons (Fsp3) is 0.407. The number of ether oxygens (including phenoxy) is 1. The number of nitrogens with one attached hydrogen (secondary N) is 2. The van der Waals surface area contributed by atoms with Gasteiger partial charge < -0.3 is 19.7 Å². The maximum Gasteiger partial charge on any atom is 0.150 e. The lowest BCUT2D eigenvalue weighted by molar-refractivity contribution is 0.00181. The second-order valence-electron chi connectivity index (χ2n) is 8.92. The van der Waals surface area contributed by atoms with Gasteiger partial charge in [-0.1, -0.05) is 12.1 Å². The number of anilines is 2. The molecule has 0 radical (unpaired) electrons. The molecule has 2 heterocycles. The van der Waals surface area contributed by atoms with Gasteiger partial charge in [-0.3, -0.25) is 9.69 Å². The average molecular weight is 492 g/mol. The summed E-state index contributed by atoms with van der Waals surface area (Å²) in [4.78, 5) is 15.2. The number of aldehydes is 1. The topological polar surface area (TPSA) is 80.6 Å². The van der Waals surface area contributed by atoms with Crippen molar-refractivity contribution in [3.05, 3.63) is 58.8 Å². The summed E-state index contributed by atoms with van der Waals surface area (Å²) in [5.74, 6) is 0. The van der Waals surface area contributed by atoms with Crippen LogP contribution < -0.4 is 14.9 Å². The quantitative estimate of drug-likeness (QED) is 0.400. The molecule has 8 heteroatoms. The van der Waals surface area contributed by atoms with E-state index in [1.807, 2.05) is 44.4 Å². The monoisotopic (exact) mass is 491 g/mol. The highest BCUT2D eigenvalue weighted by Gasteiger charge is 2.26. The van der Waals surface area contributed by atoms with Crippen LogP contribution in [0.5, 0.6) is 0 Å². The van der Waals surface area contributed by atoms with Crippen LogP contribution in [0.1, 0.15) is 40.9 Å². The molecule has 0 saturated carbocycles. The molecule has 184 valence electrons. The summed E-state index contributed by atoms with van der Waals surface area (Å²) < 4.78 is 7.79. The van der Waals surface area contributed by atoms with Crippen molar-refractivity contribution in [3.8, 4) is 6.07 Å². The summed E-state index contributed by atoms with van der Waals surface area (Å²) in [6.07, 6.45) is 3.73. The molecule has 0 aliphatic carbocycles. The normalized spacial score (nSPS) is 18.2. The molecule has 0 bridgehead atoms. The van der Waals surface area contributed by atoms with Gasteiger partial charge in [0, 0.05) is 66.5 Å². The maximum absolute atomic E-state index is 11.8. The van der Waals surface area contributed by atoms with Crippen LogP contribution in [0.2, 0.25) is 0 Å². The van der Waals surface area contributed by atoms with Gasteiger partial charge >= 0.3 is 0 Å². The third-order valence-electron chi connectivity index (χ3n) is 6.56. The Morgan fingerprint density at radius 2 is 2.20 bits per heavy atom. The van der Waals surface area contributed by atoms with Crippen molar-refractivity contribution in [1.82, 2.24) is 10.2 Å². The first-order chi connectivity index (χ1) is 17.0. The number of carbonyl (C=O) groups excluding carboxylic acids is 1. The van der Waals surface area contributed by atoms with Crippen molar-refractivity contribution in [1.29, 1.82) is 5.26 Å². The Kier molecular flexibility index (Phi) is 8.34. The van der Waals surface area contributed by atoms with Crippen molar-refractivity contribution in [2.75, 3.05) is 56.1 Å². The summed E-state index contributed by atoms with van der Waals surface area (Å²) in [5.41, 5.74) is 6.59. The summed E-state index contributed by atoms with van der Waals surface area (Å²) >= 11 is 1.63. The number of nitrogens with zero attached hydrogens (tertiary/aromatic N) is 3. The molecule has 2 aliphatic rings. The van der Waals surface area contributed by atoms with Crippen LogP contribution in [0.4, 0.5) is 11.4 Å². The molecule has 0 amide bonds. The number of fused-ring (bicyclic) bond motifs is 1. The Morgan fingerprint density at radius 1 is 1.34 bits per heavy atom. The molecular formula is C27H33N5O2S. The number of rotatable bonds is 9. The molecule has 0 spiro atoms. The number of morpholine rings is 1. The highest BCUT2D eigenvalue weighted by molar-refractivity contribution is 8.00. The third kappa shape index (κ3) is 5.64. The van der Waals surface area contributed by atoms with Gasteiger partial charge in [0.15, 0.2) is 6.29 Å². The average Bonchev–Trinajstić information content (AvgIpc) is 3.27. The third-order valence-corrected chi connectivity index (χ3v) is 7.69. The number of hydrogen-bond donors (Lipinski definition) is 2. The van der Waals surface area contributed by atoms with Gasteiger partial charge in [-0.05, 0) is 62.2 Å². The van der Waals surface area contributed by atoms with Crippen molar-refractivity contribution >= 4 is 35.2 Å². The molecule has 1 atom stereocenters. The number of benzene rings is 2. The molecular weight excluding hydrogens is 458 g/mol. The smallest absolute Gasteiger partial charge is 0.150 e. The van der Waals surface area contributed by atoms with Gasteiger partial charge in [0.1, 0.15) is 0 Å². The van der Waals surface area contributed by atoms with Crippen LogP contribution in [0.15, 0.2) is 41.4 Å². The number of carbonyl (C=O) groups is 1. The van der Waals surface area contributed by atoms with Crippen molar-refractivity contribution in [2.45, 2.75) is 31.2 Å². The van der Waals surface area contributed by atoms with Crippen LogP contribution in [-0.2, 0) is 11.2 Å². The van der Waals surface area contributed by atoms with Gasteiger partial charge in [0.2, 0.25) is 0 Å². The molecule has 4 rings (SSSR count). The molecule has 7 nitrogen and oxygen atoms in total. The zero-order chi connectivity index (χ0) is 24.8. The Morgan fingerprint density at radius 3 is 2.94 bits per heavy atom. The molecule has 1 saturated heterocycles. The van der Waals surface area contributed by atoms with Crippen LogP contribution in [0, 0.1) is 11.3 Å². The fourth-order valence-electron chi connectivity index (χ4n) is 4.77. The van der Waals surface area contributed by atoms with E-state index in [0.29, 0.717) is 17.2 Å². The zero-order valence-electron chi connectivity index (χ0n) is 20.6. The minimum absolute atomic E-state index is 0.422. The van der Waals surface area contributed by atoms with Crippen LogP contribution in [0.3, 0.4) is 0 Å². The number of hydrogen-bond acceptors (Lipinski definition) is 8. The van der Waals surface area contributed by atoms with E-state index in [4.69, 9.17) is 4.74 Å². The minimum atomic E-state index is 0.422. The van der Waals surface area contributed by atoms with Gasteiger partial charge in [-0.25, -0.2) is 0 Å². The van der Waals surface area contributed by atoms with Gasteiger partial charge in [-0.15, -0.1) is 0 Å². The van der Waals surface area contributed by atoms with E-state index in [1.165, 1.54) is 5.56 Å². The zero-order valence-corrected chi connectivity index (χ0v) is 21.5. The van der Waals surface area contributed by atoms with E-state index in [2.05, 4.69) is 38.9 Å². The Hall–Kier alpha value is -2.99. The first-order valence-corrected chi connectivity index (χ1v) is 12.8. The highest BCUT2D eigenvalue weighted by Crippen LogP contribution is 2.42. The van der Waals surface area contributed by atoms with Gasteiger partial charge in [0.25, 0.3) is 0 Å². The van der Waals surface area contributed by atoms with E-state index in [1.54, 1.807) is 11.9 Å². The summed E-state index contributed by atoms with van der Waals surface area (Å²) in [7, 11) is 1.86. The molecule has 2 aromatic rings. The summed E-state index contributed by atoms with van der Waals surface area (Å²) in [6.45, 7) is 9.31. The molecule has 2 aromatic carbocycles. The Bertz CT molecular complexity index is 1140. The molecule has 0 aromatic heterocycles. The van der Waals surface area contributed by atoms with Crippen LogP contribution >= 0.6 is 11.9 Å². The lowest BCUT2D eigenvalue weighted by Gasteiger charge is -2.33. The number of allylic oxidation sites excluding steroid dienone is 1. The SMILES string of the molecule is CN/C=C(/C)c1c(C=O)cccc1SN1CCc2c(NCCN3CCOC[C@H]3C)cc(C#N)cc21. The van der Waals surface area contributed by atoms with Crippen molar-refractivity contribution in [2.24, 2.45) is 0 Å². The molecule has 2 aliphatic heterocycles. The Labute approximate surface area is 212 Å². The molecule has 1 fully saturated rings. The first-order valence-electron chi connectivity index (χ1n) is 12.1. The predicted octanol–water partition coefficient (Wildman–Crippen LogP) is 4.15. The summed E-state index contributed by atoms with van der Waals surface area (Å²) in [6, 6.07) is 12.5. The van der Waals surface area contributed by atoms with E-state index in [-0.39, 0.29) is 0 Å². The second kappa shape index (κ2) is 11.6.